The number of ether oxygens (including phenoxy) is 1. The Hall–Kier alpha value is -2.57. The Kier molecular flexibility index (Phi) is 5.75. The first-order chi connectivity index (χ1) is 12.6. The molecule has 0 aliphatic carbocycles. The van der Waals surface area contributed by atoms with E-state index in [9.17, 15) is 14.4 Å². The zero-order chi connectivity index (χ0) is 18.5. The highest BCUT2D eigenvalue weighted by Crippen LogP contribution is 2.37. The van der Waals surface area contributed by atoms with Crippen LogP contribution in [0.1, 0.15) is 49.4 Å². The van der Waals surface area contributed by atoms with Gasteiger partial charge >= 0.3 is 5.97 Å². The van der Waals surface area contributed by atoms with Crippen molar-refractivity contribution in [3.63, 3.8) is 0 Å². The van der Waals surface area contributed by atoms with E-state index in [1.54, 1.807) is 12.1 Å². The molecule has 2 N–H and O–H groups in total. The Morgan fingerprint density at radius 1 is 1.35 bits per heavy atom. The predicted octanol–water partition coefficient (Wildman–Crippen LogP) is 2.07. The number of benzene rings is 1. The summed E-state index contributed by atoms with van der Waals surface area (Å²) in [6, 6.07) is 5.00. The summed E-state index contributed by atoms with van der Waals surface area (Å²) >= 11 is 0. The van der Waals surface area contributed by atoms with Crippen LogP contribution in [0.25, 0.3) is 0 Å². The first-order valence-electron chi connectivity index (χ1n) is 9.25. The molecule has 1 aromatic rings. The lowest BCUT2D eigenvalue weighted by molar-refractivity contribution is -0.124. The molecule has 0 saturated carbocycles. The second kappa shape index (κ2) is 8.21. The van der Waals surface area contributed by atoms with E-state index in [0.717, 1.165) is 44.3 Å². The quantitative estimate of drug-likeness (QED) is 0.575. The molecule has 7 nitrogen and oxygen atoms in total. The number of hydrogen-bond acceptors (Lipinski definition) is 5. The van der Waals surface area contributed by atoms with Gasteiger partial charge < -0.3 is 20.3 Å². The average molecular weight is 359 g/mol. The fourth-order valence-electron chi connectivity index (χ4n) is 3.43. The van der Waals surface area contributed by atoms with Gasteiger partial charge in [0.05, 0.1) is 16.9 Å². The largest absolute Gasteiger partial charge is 0.452 e. The third kappa shape index (κ3) is 3.98. The summed E-state index contributed by atoms with van der Waals surface area (Å²) in [6.07, 6.45) is 4.88. The van der Waals surface area contributed by atoms with Crippen molar-refractivity contribution >= 4 is 29.2 Å². The summed E-state index contributed by atoms with van der Waals surface area (Å²) in [5.74, 6) is -0.915. The number of fused-ring (bicyclic) bond motifs is 3. The molecular weight excluding hydrogens is 334 g/mol. The van der Waals surface area contributed by atoms with Crippen LogP contribution in [0.4, 0.5) is 11.4 Å². The Morgan fingerprint density at radius 2 is 2.19 bits per heavy atom. The lowest BCUT2D eigenvalue weighted by Gasteiger charge is -2.33. The standard InChI is InChI=1S/C19H25N3O4/c1-2-3-4-9-20-17(23)12-26-19(25)13-7-8-15-14(11-13)21-18(24)16-6-5-10-22(15)16/h7-8,11,16H,2-6,9-10,12H2,1H3,(H,20,23)(H,21,24)/t16-/m0/s1. The van der Waals surface area contributed by atoms with Crippen LogP contribution in [0.5, 0.6) is 0 Å². The molecule has 0 spiro atoms. The van der Waals surface area contributed by atoms with Gasteiger partial charge in [-0.1, -0.05) is 19.8 Å². The summed E-state index contributed by atoms with van der Waals surface area (Å²) in [4.78, 5) is 38.1. The highest BCUT2D eigenvalue weighted by molar-refractivity contribution is 6.05. The van der Waals surface area contributed by atoms with Gasteiger partial charge in [-0.15, -0.1) is 0 Å². The number of anilines is 2. The lowest BCUT2D eigenvalue weighted by atomic mass is 10.1. The van der Waals surface area contributed by atoms with E-state index >= 15 is 0 Å². The number of hydrogen-bond donors (Lipinski definition) is 2. The average Bonchev–Trinajstić information content (AvgIpc) is 3.13. The van der Waals surface area contributed by atoms with E-state index in [1.807, 2.05) is 6.07 Å². The lowest BCUT2D eigenvalue weighted by Crippen LogP contribution is -2.43. The van der Waals surface area contributed by atoms with Crippen molar-refractivity contribution in [3.8, 4) is 0 Å². The van der Waals surface area contributed by atoms with Gasteiger partial charge in [-0.25, -0.2) is 4.79 Å². The maximum atomic E-state index is 12.2. The Bertz CT molecular complexity index is 704. The van der Waals surface area contributed by atoms with Gasteiger partial charge in [0.15, 0.2) is 6.61 Å². The number of unbranched alkanes of at least 4 members (excludes halogenated alkanes) is 2. The summed E-state index contributed by atoms with van der Waals surface area (Å²) in [5, 5.41) is 5.59. The molecule has 140 valence electrons. The minimum absolute atomic E-state index is 0.0352. The summed E-state index contributed by atoms with van der Waals surface area (Å²) in [6.45, 7) is 3.22. The van der Waals surface area contributed by atoms with Crippen LogP contribution in [0, 0.1) is 0 Å². The Balaban J connectivity index is 1.57. The maximum Gasteiger partial charge on any atom is 0.338 e. The second-order valence-corrected chi connectivity index (χ2v) is 6.71. The van der Waals surface area contributed by atoms with E-state index in [2.05, 4.69) is 22.5 Å². The van der Waals surface area contributed by atoms with Crippen LogP contribution < -0.4 is 15.5 Å². The fraction of sp³-hybridized carbons (Fsp3) is 0.526. The molecule has 0 aromatic heterocycles. The van der Waals surface area contributed by atoms with Gasteiger partial charge in [-0.05, 0) is 37.5 Å². The molecule has 1 aromatic carbocycles. The Morgan fingerprint density at radius 3 is 3.00 bits per heavy atom. The fourth-order valence-corrected chi connectivity index (χ4v) is 3.43. The van der Waals surface area contributed by atoms with Crippen molar-refractivity contribution < 1.29 is 19.1 Å². The number of rotatable bonds is 7. The molecule has 0 unspecified atom stereocenters. The van der Waals surface area contributed by atoms with E-state index in [4.69, 9.17) is 4.74 Å². The molecule has 7 heteroatoms. The summed E-state index contributed by atoms with van der Waals surface area (Å²) < 4.78 is 5.07. The molecule has 2 amide bonds. The topological polar surface area (TPSA) is 87.7 Å². The number of carbonyl (C=O) groups excluding carboxylic acids is 3. The van der Waals surface area contributed by atoms with E-state index < -0.39 is 5.97 Å². The molecule has 0 radical (unpaired) electrons. The molecule has 2 heterocycles. The van der Waals surface area contributed by atoms with Crippen LogP contribution in [0.2, 0.25) is 0 Å². The van der Waals surface area contributed by atoms with Gasteiger partial charge in [0.25, 0.3) is 5.91 Å². The SMILES string of the molecule is CCCCCNC(=O)COC(=O)c1ccc2c(c1)NC(=O)[C@@H]1CCCN21. The van der Waals surface area contributed by atoms with E-state index in [0.29, 0.717) is 17.8 Å². The van der Waals surface area contributed by atoms with Crippen molar-refractivity contribution in [3.05, 3.63) is 23.8 Å². The van der Waals surface area contributed by atoms with Crippen molar-refractivity contribution in [2.75, 3.05) is 29.9 Å². The number of carbonyl (C=O) groups is 3. The highest BCUT2D eigenvalue weighted by atomic mass is 16.5. The summed E-state index contributed by atoms with van der Waals surface area (Å²) in [5.41, 5.74) is 1.87. The van der Waals surface area contributed by atoms with Crippen LogP contribution in [0.3, 0.4) is 0 Å². The maximum absolute atomic E-state index is 12.2. The molecule has 0 bridgehead atoms. The zero-order valence-electron chi connectivity index (χ0n) is 15.0. The van der Waals surface area contributed by atoms with Crippen LogP contribution >= 0.6 is 0 Å². The highest BCUT2D eigenvalue weighted by Gasteiger charge is 2.36. The number of nitrogens with zero attached hydrogens (tertiary/aromatic N) is 1. The van der Waals surface area contributed by atoms with E-state index in [1.165, 1.54) is 0 Å². The molecule has 1 fully saturated rings. The molecule has 3 rings (SSSR count). The minimum Gasteiger partial charge on any atom is -0.452 e. The zero-order valence-corrected chi connectivity index (χ0v) is 15.0. The molecule has 1 saturated heterocycles. The number of esters is 1. The van der Waals surface area contributed by atoms with Crippen LogP contribution in [-0.2, 0) is 14.3 Å². The first kappa shape index (κ1) is 18.2. The molecular formula is C19H25N3O4. The van der Waals surface area contributed by atoms with Gasteiger partial charge in [0.1, 0.15) is 6.04 Å². The van der Waals surface area contributed by atoms with Gasteiger partial charge in [0.2, 0.25) is 5.91 Å². The van der Waals surface area contributed by atoms with Crippen LogP contribution in [-0.4, -0.2) is 43.5 Å². The van der Waals surface area contributed by atoms with Crippen molar-refractivity contribution in [2.24, 2.45) is 0 Å². The number of nitrogens with one attached hydrogen (secondary N) is 2. The molecule has 26 heavy (non-hydrogen) atoms. The minimum atomic E-state index is -0.575. The van der Waals surface area contributed by atoms with Gasteiger partial charge in [-0.2, -0.15) is 0 Å². The van der Waals surface area contributed by atoms with Crippen molar-refractivity contribution in [2.45, 2.75) is 45.1 Å². The Labute approximate surface area is 153 Å². The first-order valence-corrected chi connectivity index (χ1v) is 9.25. The monoisotopic (exact) mass is 359 g/mol. The van der Waals surface area contributed by atoms with E-state index in [-0.39, 0.29) is 24.5 Å². The van der Waals surface area contributed by atoms with Crippen LogP contribution in [0.15, 0.2) is 18.2 Å². The number of amides is 2. The van der Waals surface area contributed by atoms with Crippen molar-refractivity contribution in [1.29, 1.82) is 0 Å². The third-order valence-electron chi connectivity index (χ3n) is 4.79. The predicted molar refractivity (Wildman–Crippen MR) is 98.3 cm³/mol. The second-order valence-electron chi connectivity index (χ2n) is 6.71. The van der Waals surface area contributed by atoms with Gasteiger partial charge in [-0.3, -0.25) is 9.59 Å². The molecule has 1 atom stereocenters. The summed E-state index contributed by atoms with van der Waals surface area (Å²) in [7, 11) is 0. The van der Waals surface area contributed by atoms with Crippen molar-refractivity contribution in [1.82, 2.24) is 5.32 Å². The normalized spacial score (nSPS) is 18.0. The molecule has 2 aliphatic rings. The van der Waals surface area contributed by atoms with Gasteiger partial charge in [0, 0.05) is 13.1 Å². The molecule has 2 aliphatic heterocycles. The third-order valence-corrected chi connectivity index (χ3v) is 4.79. The smallest absolute Gasteiger partial charge is 0.338 e.